The topological polar surface area (TPSA) is 107 Å². The maximum Gasteiger partial charge on any atom is 0.307 e. The molecule has 1 aliphatic rings. The molecule has 34 heavy (non-hydrogen) atoms. The van der Waals surface area contributed by atoms with Gasteiger partial charge in [-0.25, -0.2) is 4.98 Å². The van der Waals surface area contributed by atoms with Crippen LogP contribution in [0.5, 0.6) is 0 Å². The first-order valence-corrected chi connectivity index (χ1v) is 11.6. The second-order valence-electron chi connectivity index (χ2n) is 8.83. The van der Waals surface area contributed by atoms with Gasteiger partial charge in [-0.3, -0.25) is 14.8 Å². The predicted molar refractivity (Wildman–Crippen MR) is 133 cm³/mol. The Kier molecular flexibility index (Phi) is 6.22. The number of hydrogen-bond donors (Lipinski definition) is 3. The number of piperidine rings is 1. The second-order valence-corrected chi connectivity index (χ2v) is 8.83. The van der Waals surface area contributed by atoms with Crippen LogP contribution < -0.4 is 5.32 Å². The molecule has 0 aliphatic carbocycles. The summed E-state index contributed by atoms with van der Waals surface area (Å²) < 4.78 is 0. The molecule has 3 aromatic heterocycles. The average molecular weight is 457 g/mol. The van der Waals surface area contributed by atoms with Crippen LogP contribution in [0.15, 0.2) is 55.0 Å². The molecule has 1 aromatic carbocycles. The molecule has 1 saturated heterocycles. The third kappa shape index (κ3) is 4.77. The van der Waals surface area contributed by atoms with Crippen molar-refractivity contribution in [2.45, 2.75) is 19.8 Å². The molecule has 1 atom stereocenters. The van der Waals surface area contributed by atoms with Crippen LogP contribution in [-0.2, 0) is 4.79 Å². The van der Waals surface area contributed by atoms with Crippen molar-refractivity contribution in [2.75, 3.05) is 31.5 Å². The summed E-state index contributed by atoms with van der Waals surface area (Å²) in [5, 5.41) is 13.8. The Morgan fingerprint density at radius 1 is 1.24 bits per heavy atom. The SMILES string of the molecule is Cc1cccc(-c2[nH]cnc2-c2ccc3ncc(NCCN4CCCC(C(=O)O)C4)cc3c2)n1. The number of imidazole rings is 1. The Balaban J connectivity index is 1.31. The summed E-state index contributed by atoms with van der Waals surface area (Å²) in [6.07, 6.45) is 5.25. The predicted octanol–water partition coefficient (Wildman–Crippen LogP) is 4.20. The van der Waals surface area contributed by atoms with E-state index in [1.165, 1.54) is 0 Å². The number of fused-ring (bicyclic) bond motifs is 1. The Hall–Kier alpha value is -3.78. The molecule has 174 valence electrons. The second kappa shape index (κ2) is 9.61. The highest BCUT2D eigenvalue weighted by atomic mass is 16.4. The van der Waals surface area contributed by atoms with Crippen molar-refractivity contribution in [1.82, 2.24) is 24.8 Å². The lowest BCUT2D eigenvalue weighted by molar-refractivity contribution is -0.143. The first kappa shape index (κ1) is 22.0. The van der Waals surface area contributed by atoms with Gasteiger partial charge >= 0.3 is 5.97 Å². The van der Waals surface area contributed by atoms with E-state index < -0.39 is 5.97 Å². The van der Waals surface area contributed by atoms with E-state index in [4.69, 9.17) is 0 Å². The molecular weight excluding hydrogens is 428 g/mol. The number of aryl methyl sites for hydroxylation is 1. The van der Waals surface area contributed by atoms with Crippen LogP contribution >= 0.6 is 0 Å². The van der Waals surface area contributed by atoms with Gasteiger partial charge in [0.15, 0.2) is 0 Å². The Labute approximate surface area is 198 Å². The van der Waals surface area contributed by atoms with Crippen molar-refractivity contribution in [3.05, 3.63) is 60.7 Å². The van der Waals surface area contributed by atoms with E-state index in [1.54, 1.807) is 6.33 Å². The molecule has 0 bridgehead atoms. The summed E-state index contributed by atoms with van der Waals surface area (Å²) in [4.78, 5) is 30.5. The molecule has 1 aliphatic heterocycles. The Morgan fingerprint density at radius 2 is 2.15 bits per heavy atom. The number of carbonyl (C=O) groups is 1. The number of H-pyrrole nitrogens is 1. The molecule has 0 amide bonds. The van der Waals surface area contributed by atoms with E-state index in [0.717, 1.165) is 77.4 Å². The molecule has 0 spiro atoms. The molecule has 1 fully saturated rings. The maximum atomic E-state index is 11.3. The van der Waals surface area contributed by atoms with Crippen molar-refractivity contribution >= 4 is 22.6 Å². The molecular formula is C26H28N6O2. The fourth-order valence-electron chi connectivity index (χ4n) is 4.58. The zero-order valence-corrected chi connectivity index (χ0v) is 19.2. The Bertz CT molecular complexity index is 1320. The number of rotatable bonds is 7. The highest BCUT2D eigenvalue weighted by Crippen LogP contribution is 2.30. The third-order valence-corrected chi connectivity index (χ3v) is 6.35. The normalized spacial score (nSPS) is 16.6. The molecule has 0 saturated carbocycles. The van der Waals surface area contributed by atoms with Gasteiger partial charge in [0.05, 0.1) is 46.7 Å². The van der Waals surface area contributed by atoms with Crippen molar-refractivity contribution < 1.29 is 9.90 Å². The van der Waals surface area contributed by atoms with E-state index in [0.29, 0.717) is 6.54 Å². The van der Waals surface area contributed by atoms with Gasteiger partial charge < -0.3 is 20.3 Å². The van der Waals surface area contributed by atoms with Crippen molar-refractivity contribution in [3.8, 4) is 22.6 Å². The number of carboxylic acids is 1. The number of aromatic nitrogens is 4. The molecule has 0 radical (unpaired) electrons. The fourth-order valence-corrected chi connectivity index (χ4v) is 4.58. The number of benzene rings is 1. The van der Waals surface area contributed by atoms with Gasteiger partial charge in [-0.15, -0.1) is 0 Å². The summed E-state index contributed by atoms with van der Waals surface area (Å²) >= 11 is 0. The lowest BCUT2D eigenvalue weighted by Gasteiger charge is -2.30. The highest BCUT2D eigenvalue weighted by Gasteiger charge is 2.24. The van der Waals surface area contributed by atoms with Crippen LogP contribution in [0.4, 0.5) is 5.69 Å². The number of aromatic amines is 1. The van der Waals surface area contributed by atoms with Gasteiger partial charge in [-0.2, -0.15) is 0 Å². The van der Waals surface area contributed by atoms with Crippen molar-refractivity contribution in [1.29, 1.82) is 0 Å². The van der Waals surface area contributed by atoms with Crippen LogP contribution in [0.25, 0.3) is 33.5 Å². The minimum absolute atomic E-state index is 0.253. The monoisotopic (exact) mass is 456 g/mol. The first-order valence-electron chi connectivity index (χ1n) is 11.6. The smallest absolute Gasteiger partial charge is 0.307 e. The molecule has 1 unspecified atom stereocenters. The summed E-state index contributed by atoms with van der Waals surface area (Å²) in [5.41, 5.74) is 6.44. The van der Waals surface area contributed by atoms with Crippen LogP contribution in [0, 0.1) is 12.8 Å². The van der Waals surface area contributed by atoms with Crippen LogP contribution in [0.1, 0.15) is 18.5 Å². The number of nitrogens with zero attached hydrogens (tertiary/aromatic N) is 4. The zero-order valence-electron chi connectivity index (χ0n) is 19.2. The summed E-state index contributed by atoms with van der Waals surface area (Å²) in [6.45, 7) is 5.10. The Morgan fingerprint density at radius 3 is 3.00 bits per heavy atom. The number of carboxylic acid groups (broad SMARTS) is 1. The molecule has 4 aromatic rings. The van der Waals surface area contributed by atoms with Crippen LogP contribution in [0.3, 0.4) is 0 Å². The molecule has 5 rings (SSSR count). The van der Waals surface area contributed by atoms with E-state index in [1.807, 2.05) is 43.5 Å². The summed E-state index contributed by atoms with van der Waals surface area (Å²) in [6, 6.07) is 14.2. The van der Waals surface area contributed by atoms with E-state index in [9.17, 15) is 9.90 Å². The van der Waals surface area contributed by atoms with Crippen molar-refractivity contribution in [2.24, 2.45) is 5.92 Å². The molecule has 4 heterocycles. The van der Waals surface area contributed by atoms with Gasteiger partial charge in [0.25, 0.3) is 0 Å². The van der Waals surface area contributed by atoms with Gasteiger partial charge in [0, 0.05) is 36.3 Å². The standard InChI is InChI=1S/C26H28N6O2/c1-17-4-2-6-23(31-17)25-24(29-16-30-25)18-7-8-22-20(12-18)13-21(14-28-22)27-9-11-32-10-3-5-19(15-32)26(33)34/h2,4,6-8,12-14,16,19,27H,3,5,9-11,15H2,1H3,(H,29,30)(H,33,34). The van der Waals surface area contributed by atoms with Gasteiger partial charge in [-0.1, -0.05) is 12.1 Å². The lowest BCUT2D eigenvalue weighted by Crippen LogP contribution is -2.40. The van der Waals surface area contributed by atoms with Gasteiger partial charge in [0.1, 0.15) is 0 Å². The van der Waals surface area contributed by atoms with Gasteiger partial charge in [0.2, 0.25) is 0 Å². The number of anilines is 1. The molecule has 8 heteroatoms. The molecule has 8 nitrogen and oxygen atoms in total. The van der Waals surface area contributed by atoms with Gasteiger partial charge in [-0.05, 0) is 56.6 Å². The highest BCUT2D eigenvalue weighted by molar-refractivity contribution is 5.88. The van der Waals surface area contributed by atoms with E-state index >= 15 is 0 Å². The number of aliphatic carboxylic acids is 1. The first-order chi connectivity index (χ1) is 16.6. The average Bonchev–Trinajstić information content (AvgIpc) is 3.34. The van der Waals surface area contributed by atoms with E-state index in [2.05, 4.69) is 42.3 Å². The molecule has 3 N–H and O–H groups in total. The van der Waals surface area contributed by atoms with Crippen molar-refractivity contribution in [3.63, 3.8) is 0 Å². The number of hydrogen-bond acceptors (Lipinski definition) is 6. The zero-order chi connectivity index (χ0) is 23.5. The maximum absolute atomic E-state index is 11.3. The van der Waals surface area contributed by atoms with Crippen LogP contribution in [0.2, 0.25) is 0 Å². The largest absolute Gasteiger partial charge is 0.481 e. The minimum Gasteiger partial charge on any atom is -0.481 e. The lowest BCUT2D eigenvalue weighted by atomic mass is 9.98. The summed E-state index contributed by atoms with van der Waals surface area (Å²) in [7, 11) is 0. The minimum atomic E-state index is -0.689. The third-order valence-electron chi connectivity index (χ3n) is 6.35. The van der Waals surface area contributed by atoms with Crippen LogP contribution in [-0.4, -0.2) is 62.1 Å². The fraction of sp³-hybridized carbons (Fsp3) is 0.308. The van der Waals surface area contributed by atoms with E-state index in [-0.39, 0.29) is 5.92 Å². The number of pyridine rings is 2. The summed E-state index contributed by atoms with van der Waals surface area (Å²) in [5.74, 6) is -0.943. The number of nitrogens with one attached hydrogen (secondary N) is 2. The number of likely N-dealkylation sites (tertiary alicyclic amines) is 1. The quantitative estimate of drug-likeness (QED) is 0.382.